The third-order valence-electron chi connectivity index (χ3n) is 2.56. The number of benzene rings is 2. The van der Waals surface area contributed by atoms with Gasteiger partial charge in [0.1, 0.15) is 0 Å². The molecule has 2 nitrogen and oxygen atoms in total. The standard InChI is InChI=1S/C14H8BrF3N2/c15-10-2-1-3-11(7-10)20-12-4-5-13(14(16,17)18)9(6-12)8-19/h1-7,20H. The molecular weight excluding hydrogens is 333 g/mol. The van der Waals surface area contributed by atoms with Crippen LogP contribution in [0.25, 0.3) is 0 Å². The summed E-state index contributed by atoms with van der Waals surface area (Å²) in [6.45, 7) is 0. The van der Waals surface area contributed by atoms with Gasteiger partial charge in [0.2, 0.25) is 0 Å². The van der Waals surface area contributed by atoms with Gasteiger partial charge in [-0.1, -0.05) is 22.0 Å². The molecule has 0 heterocycles. The van der Waals surface area contributed by atoms with Gasteiger partial charge in [0, 0.05) is 15.8 Å². The van der Waals surface area contributed by atoms with E-state index in [0.717, 1.165) is 10.5 Å². The minimum atomic E-state index is -4.53. The summed E-state index contributed by atoms with van der Waals surface area (Å²) in [4.78, 5) is 0. The van der Waals surface area contributed by atoms with Crippen LogP contribution in [0, 0.1) is 11.3 Å². The van der Waals surface area contributed by atoms with Crippen LogP contribution < -0.4 is 5.32 Å². The number of nitrogens with zero attached hydrogens (tertiary/aromatic N) is 1. The van der Waals surface area contributed by atoms with Crippen molar-refractivity contribution < 1.29 is 13.2 Å². The fourth-order valence-electron chi connectivity index (χ4n) is 1.69. The maximum absolute atomic E-state index is 12.7. The topological polar surface area (TPSA) is 35.8 Å². The number of halogens is 4. The number of rotatable bonds is 2. The third kappa shape index (κ3) is 3.31. The molecule has 0 spiro atoms. The second-order valence-corrected chi connectivity index (χ2v) is 4.92. The summed E-state index contributed by atoms with van der Waals surface area (Å²) in [5.74, 6) is 0. The molecular formula is C14H8BrF3N2. The molecule has 0 fully saturated rings. The summed E-state index contributed by atoms with van der Waals surface area (Å²) in [6.07, 6.45) is -4.53. The van der Waals surface area contributed by atoms with Gasteiger partial charge in [-0.3, -0.25) is 0 Å². The fraction of sp³-hybridized carbons (Fsp3) is 0.0714. The first kappa shape index (κ1) is 14.4. The van der Waals surface area contributed by atoms with Crippen molar-refractivity contribution >= 4 is 27.3 Å². The maximum Gasteiger partial charge on any atom is 0.417 e. The normalized spacial score (nSPS) is 10.9. The lowest BCUT2D eigenvalue weighted by Crippen LogP contribution is -2.08. The van der Waals surface area contributed by atoms with Crippen LogP contribution in [0.5, 0.6) is 0 Å². The van der Waals surface area contributed by atoms with Gasteiger partial charge in [-0.05, 0) is 36.4 Å². The van der Waals surface area contributed by atoms with Gasteiger partial charge in [0.15, 0.2) is 0 Å². The molecule has 0 atom stereocenters. The highest BCUT2D eigenvalue weighted by Gasteiger charge is 2.33. The number of hydrogen-bond acceptors (Lipinski definition) is 2. The van der Waals surface area contributed by atoms with Crippen molar-refractivity contribution in [3.8, 4) is 6.07 Å². The molecule has 0 aliphatic rings. The molecule has 0 aromatic heterocycles. The summed E-state index contributed by atoms with van der Waals surface area (Å²) in [5, 5.41) is 11.8. The van der Waals surface area contributed by atoms with Crippen LogP contribution in [0.2, 0.25) is 0 Å². The molecule has 20 heavy (non-hydrogen) atoms. The van der Waals surface area contributed by atoms with Crippen molar-refractivity contribution in [1.29, 1.82) is 5.26 Å². The molecule has 2 aromatic carbocycles. The first-order valence-electron chi connectivity index (χ1n) is 5.54. The molecule has 1 N–H and O–H groups in total. The van der Waals surface area contributed by atoms with Crippen LogP contribution in [0.1, 0.15) is 11.1 Å². The Morgan fingerprint density at radius 3 is 2.35 bits per heavy atom. The van der Waals surface area contributed by atoms with E-state index >= 15 is 0 Å². The number of hydrogen-bond donors (Lipinski definition) is 1. The van der Waals surface area contributed by atoms with E-state index in [4.69, 9.17) is 5.26 Å². The molecule has 0 unspecified atom stereocenters. The van der Waals surface area contributed by atoms with Crippen LogP contribution in [0.3, 0.4) is 0 Å². The number of nitrogens with one attached hydrogen (secondary N) is 1. The molecule has 0 radical (unpaired) electrons. The average Bonchev–Trinajstić information content (AvgIpc) is 2.37. The fourth-order valence-corrected chi connectivity index (χ4v) is 2.09. The first-order chi connectivity index (χ1) is 9.40. The molecule has 6 heteroatoms. The number of nitriles is 1. The summed E-state index contributed by atoms with van der Waals surface area (Å²) in [7, 11) is 0. The van der Waals surface area contributed by atoms with E-state index in [9.17, 15) is 13.2 Å². The van der Waals surface area contributed by atoms with Crippen LogP contribution >= 0.6 is 15.9 Å². The summed E-state index contributed by atoms with van der Waals surface area (Å²) in [6, 6.07) is 12.1. The van der Waals surface area contributed by atoms with Crippen molar-refractivity contribution in [2.24, 2.45) is 0 Å². The molecule has 0 aliphatic heterocycles. The zero-order valence-corrected chi connectivity index (χ0v) is 11.6. The molecule has 2 aromatic rings. The van der Waals surface area contributed by atoms with E-state index in [0.29, 0.717) is 11.4 Å². The first-order valence-corrected chi connectivity index (χ1v) is 6.33. The Kier molecular flexibility index (Phi) is 4.00. The molecule has 0 saturated heterocycles. The van der Waals surface area contributed by atoms with E-state index in [-0.39, 0.29) is 0 Å². The van der Waals surface area contributed by atoms with Crippen molar-refractivity contribution in [2.75, 3.05) is 5.32 Å². The number of anilines is 2. The Labute approximate surface area is 122 Å². The van der Waals surface area contributed by atoms with Crippen molar-refractivity contribution in [3.05, 3.63) is 58.1 Å². The SMILES string of the molecule is N#Cc1cc(Nc2cccc(Br)c2)ccc1C(F)(F)F. The van der Waals surface area contributed by atoms with E-state index in [1.807, 2.05) is 6.07 Å². The highest BCUT2D eigenvalue weighted by Crippen LogP contribution is 2.33. The van der Waals surface area contributed by atoms with E-state index in [1.54, 1.807) is 24.3 Å². The minimum absolute atomic E-state index is 0.405. The Balaban J connectivity index is 2.34. The zero-order valence-electron chi connectivity index (χ0n) is 10.0. The molecule has 102 valence electrons. The lowest BCUT2D eigenvalue weighted by molar-refractivity contribution is -0.137. The molecule has 0 saturated carbocycles. The van der Waals surface area contributed by atoms with Gasteiger partial charge in [-0.15, -0.1) is 0 Å². The minimum Gasteiger partial charge on any atom is -0.355 e. The van der Waals surface area contributed by atoms with Gasteiger partial charge in [0.05, 0.1) is 17.2 Å². The van der Waals surface area contributed by atoms with Gasteiger partial charge >= 0.3 is 6.18 Å². The Morgan fingerprint density at radius 2 is 1.75 bits per heavy atom. The monoisotopic (exact) mass is 340 g/mol. The average molecular weight is 341 g/mol. The summed E-state index contributed by atoms with van der Waals surface area (Å²) in [5.41, 5.74) is -0.201. The zero-order chi connectivity index (χ0) is 14.8. The molecule has 0 amide bonds. The number of alkyl halides is 3. The maximum atomic E-state index is 12.7. The lowest BCUT2D eigenvalue weighted by atomic mass is 10.1. The molecule has 0 aliphatic carbocycles. The van der Waals surface area contributed by atoms with E-state index in [2.05, 4.69) is 21.2 Å². The van der Waals surface area contributed by atoms with Gasteiger partial charge < -0.3 is 5.32 Å². The predicted octanol–water partition coefficient (Wildman–Crippen LogP) is 5.08. The second kappa shape index (κ2) is 5.55. The van der Waals surface area contributed by atoms with Crippen LogP contribution in [-0.2, 0) is 6.18 Å². The highest BCUT2D eigenvalue weighted by molar-refractivity contribution is 9.10. The summed E-state index contributed by atoms with van der Waals surface area (Å²) < 4.78 is 38.9. The molecule has 2 rings (SSSR count). The van der Waals surface area contributed by atoms with Crippen LogP contribution in [0.15, 0.2) is 46.9 Å². The van der Waals surface area contributed by atoms with Crippen molar-refractivity contribution in [1.82, 2.24) is 0 Å². The quantitative estimate of drug-likeness (QED) is 0.827. The Hall–Kier alpha value is -2.00. The lowest BCUT2D eigenvalue weighted by Gasteiger charge is -2.11. The highest BCUT2D eigenvalue weighted by atomic mass is 79.9. The third-order valence-corrected chi connectivity index (χ3v) is 3.05. The second-order valence-electron chi connectivity index (χ2n) is 4.01. The van der Waals surface area contributed by atoms with Crippen LogP contribution in [-0.4, -0.2) is 0 Å². The largest absolute Gasteiger partial charge is 0.417 e. The van der Waals surface area contributed by atoms with Gasteiger partial charge in [-0.2, -0.15) is 18.4 Å². The smallest absolute Gasteiger partial charge is 0.355 e. The molecule has 0 bridgehead atoms. The van der Waals surface area contributed by atoms with Gasteiger partial charge in [0.25, 0.3) is 0 Å². The van der Waals surface area contributed by atoms with Crippen molar-refractivity contribution in [2.45, 2.75) is 6.18 Å². The van der Waals surface area contributed by atoms with E-state index < -0.39 is 17.3 Å². The van der Waals surface area contributed by atoms with Crippen LogP contribution in [0.4, 0.5) is 24.5 Å². The van der Waals surface area contributed by atoms with E-state index in [1.165, 1.54) is 12.1 Å². The Bertz CT molecular complexity index is 675. The predicted molar refractivity (Wildman–Crippen MR) is 73.6 cm³/mol. The summed E-state index contributed by atoms with van der Waals surface area (Å²) >= 11 is 3.30. The van der Waals surface area contributed by atoms with Gasteiger partial charge in [-0.25, -0.2) is 0 Å². The van der Waals surface area contributed by atoms with Crippen molar-refractivity contribution in [3.63, 3.8) is 0 Å². The Morgan fingerprint density at radius 1 is 1.05 bits per heavy atom.